The molecule has 0 atom stereocenters. The molecule has 0 aliphatic rings. The van der Waals surface area contributed by atoms with Gasteiger partial charge < -0.3 is 14.4 Å². The Balaban J connectivity index is 2.19. The first kappa shape index (κ1) is 14.6. The highest BCUT2D eigenvalue weighted by Gasteiger charge is 2.09. The summed E-state index contributed by atoms with van der Waals surface area (Å²) in [5.41, 5.74) is 1.38. The van der Waals surface area contributed by atoms with Crippen molar-refractivity contribution >= 4 is 5.95 Å². The third kappa shape index (κ3) is 3.39. The maximum Gasteiger partial charge on any atom is 0.226 e. The van der Waals surface area contributed by atoms with Crippen molar-refractivity contribution < 1.29 is 9.47 Å². The minimum absolute atomic E-state index is 0.346. The van der Waals surface area contributed by atoms with E-state index in [1.165, 1.54) is 0 Å². The van der Waals surface area contributed by atoms with Crippen molar-refractivity contribution in [1.82, 2.24) is 9.97 Å². The van der Waals surface area contributed by atoms with E-state index in [0.29, 0.717) is 29.7 Å². The second-order valence-electron chi connectivity index (χ2n) is 4.40. The van der Waals surface area contributed by atoms with Crippen LogP contribution in [0.25, 0.3) is 0 Å². The van der Waals surface area contributed by atoms with E-state index >= 15 is 0 Å². The van der Waals surface area contributed by atoms with Gasteiger partial charge in [-0.2, -0.15) is 5.26 Å². The fourth-order valence-electron chi connectivity index (χ4n) is 1.92. The molecule has 108 valence electrons. The molecule has 0 amide bonds. The summed E-state index contributed by atoms with van der Waals surface area (Å²) in [7, 11) is 5.07. The van der Waals surface area contributed by atoms with E-state index in [0.717, 1.165) is 5.56 Å². The summed E-state index contributed by atoms with van der Waals surface area (Å²) in [4.78, 5) is 10.2. The van der Waals surface area contributed by atoms with E-state index < -0.39 is 0 Å². The lowest BCUT2D eigenvalue weighted by Crippen LogP contribution is -2.19. The van der Waals surface area contributed by atoms with Gasteiger partial charge in [0.1, 0.15) is 11.8 Å². The van der Waals surface area contributed by atoms with Crippen LogP contribution in [0.3, 0.4) is 0 Å². The Morgan fingerprint density at radius 2 is 1.95 bits per heavy atom. The highest BCUT2D eigenvalue weighted by molar-refractivity contribution is 5.44. The van der Waals surface area contributed by atoms with Gasteiger partial charge in [0.25, 0.3) is 0 Å². The number of nitriles is 1. The van der Waals surface area contributed by atoms with Crippen molar-refractivity contribution in [2.75, 3.05) is 26.2 Å². The van der Waals surface area contributed by atoms with Crippen molar-refractivity contribution in [3.8, 4) is 17.6 Å². The van der Waals surface area contributed by atoms with E-state index in [9.17, 15) is 0 Å². The number of anilines is 1. The summed E-state index contributed by atoms with van der Waals surface area (Å²) in [5.74, 6) is 1.87. The van der Waals surface area contributed by atoms with Crippen LogP contribution in [0, 0.1) is 11.3 Å². The number of methoxy groups -OCH3 is 2. The second kappa shape index (κ2) is 6.57. The fraction of sp³-hybridized carbons (Fsp3) is 0.267. The molecule has 1 heterocycles. The Kier molecular flexibility index (Phi) is 4.57. The predicted molar refractivity (Wildman–Crippen MR) is 78.4 cm³/mol. The monoisotopic (exact) mass is 284 g/mol. The summed E-state index contributed by atoms with van der Waals surface area (Å²) < 4.78 is 10.5. The van der Waals surface area contributed by atoms with Crippen LogP contribution >= 0.6 is 0 Å². The normalized spacial score (nSPS) is 9.81. The number of hydrogen-bond acceptors (Lipinski definition) is 6. The molecule has 0 spiro atoms. The van der Waals surface area contributed by atoms with E-state index in [1.807, 2.05) is 36.2 Å². The number of rotatable bonds is 5. The Hall–Kier alpha value is -2.81. The third-order valence-electron chi connectivity index (χ3n) is 2.97. The molecule has 0 aliphatic heterocycles. The quantitative estimate of drug-likeness (QED) is 0.836. The topological polar surface area (TPSA) is 71.3 Å². The standard InChI is InChI=1S/C15H16N4O2/c1-19(15-17-7-6-12(9-16)18-15)10-11-4-5-13(20-2)14(8-11)21-3/h4-8H,10H2,1-3H3. The van der Waals surface area contributed by atoms with E-state index in [4.69, 9.17) is 14.7 Å². The number of hydrogen-bond donors (Lipinski definition) is 0. The molecule has 2 aromatic rings. The van der Waals surface area contributed by atoms with Crippen molar-refractivity contribution in [3.05, 3.63) is 41.7 Å². The summed E-state index contributed by atoms with van der Waals surface area (Å²) >= 11 is 0. The van der Waals surface area contributed by atoms with Gasteiger partial charge in [0.2, 0.25) is 5.95 Å². The average molecular weight is 284 g/mol. The fourth-order valence-corrected chi connectivity index (χ4v) is 1.92. The SMILES string of the molecule is COc1ccc(CN(C)c2nccc(C#N)n2)cc1OC. The molecule has 0 N–H and O–H groups in total. The van der Waals surface area contributed by atoms with Gasteiger partial charge in [-0.1, -0.05) is 6.07 Å². The minimum atomic E-state index is 0.346. The number of nitrogens with zero attached hydrogens (tertiary/aromatic N) is 4. The molecule has 0 unspecified atom stereocenters. The second-order valence-corrected chi connectivity index (χ2v) is 4.40. The molecule has 1 aromatic carbocycles. The Labute approximate surface area is 123 Å². The zero-order valence-electron chi connectivity index (χ0n) is 12.2. The lowest BCUT2D eigenvalue weighted by molar-refractivity contribution is 0.354. The van der Waals surface area contributed by atoms with Gasteiger partial charge in [0, 0.05) is 19.8 Å². The molecule has 0 bridgehead atoms. The molecular formula is C15H16N4O2. The average Bonchev–Trinajstić information content (AvgIpc) is 2.54. The van der Waals surface area contributed by atoms with Crippen molar-refractivity contribution in [2.24, 2.45) is 0 Å². The van der Waals surface area contributed by atoms with Gasteiger partial charge in [-0.3, -0.25) is 0 Å². The molecule has 6 nitrogen and oxygen atoms in total. The Morgan fingerprint density at radius 1 is 1.19 bits per heavy atom. The largest absolute Gasteiger partial charge is 0.493 e. The lowest BCUT2D eigenvalue weighted by atomic mass is 10.2. The summed E-state index contributed by atoms with van der Waals surface area (Å²) in [6, 6.07) is 9.29. The predicted octanol–water partition coefficient (Wildman–Crippen LogP) is 2.00. The first-order valence-corrected chi connectivity index (χ1v) is 6.33. The van der Waals surface area contributed by atoms with E-state index in [2.05, 4.69) is 9.97 Å². The van der Waals surface area contributed by atoms with Crippen molar-refractivity contribution in [3.63, 3.8) is 0 Å². The first-order valence-electron chi connectivity index (χ1n) is 6.33. The smallest absolute Gasteiger partial charge is 0.226 e. The minimum Gasteiger partial charge on any atom is -0.493 e. The highest BCUT2D eigenvalue weighted by Crippen LogP contribution is 2.28. The zero-order chi connectivity index (χ0) is 15.2. The van der Waals surface area contributed by atoms with Gasteiger partial charge in [-0.25, -0.2) is 9.97 Å². The lowest BCUT2D eigenvalue weighted by Gasteiger charge is -2.18. The van der Waals surface area contributed by atoms with E-state index in [1.54, 1.807) is 26.5 Å². The summed E-state index contributed by atoms with van der Waals surface area (Å²) in [5, 5.41) is 8.87. The van der Waals surface area contributed by atoms with Crippen LogP contribution in [-0.2, 0) is 6.54 Å². The van der Waals surface area contributed by atoms with Gasteiger partial charge in [-0.15, -0.1) is 0 Å². The Morgan fingerprint density at radius 3 is 2.62 bits per heavy atom. The summed E-state index contributed by atoms with van der Waals surface area (Å²) in [6.07, 6.45) is 1.58. The molecule has 0 saturated carbocycles. The molecule has 1 aromatic heterocycles. The molecule has 2 rings (SSSR count). The maximum absolute atomic E-state index is 8.87. The summed E-state index contributed by atoms with van der Waals surface area (Å²) in [6.45, 7) is 0.592. The van der Waals surface area contributed by atoms with Gasteiger partial charge >= 0.3 is 0 Å². The van der Waals surface area contributed by atoms with Crippen LogP contribution < -0.4 is 14.4 Å². The van der Waals surface area contributed by atoms with E-state index in [-0.39, 0.29) is 0 Å². The van der Waals surface area contributed by atoms with Crippen LogP contribution in [0.5, 0.6) is 11.5 Å². The molecule has 0 fully saturated rings. The molecular weight excluding hydrogens is 268 g/mol. The van der Waals surface area contributed by atoms with Gasteiger partial charge in [0.15, 0.2) is 11.5 Å². The maximum atomic E-state index is 8.87. The Bertz CT molecular complexity index is 667. The van der Waals surface area contributed by atoms with Gasteiger partial charge in [-0.05, 0) is 23.8 Å². The van der Waals surface area contributed by atoms with Crippen LogP contribution in [0.4, 0.5) is 5.95 Å². The molecule has 0 radical (unpaired) electrons. The number of benzene rings is 1. The molecule has 0 saturated heterocycles. The van der Waals surface area contributed by atoms with Crippen molar-refractivity contribution in [1.29, 1.82) is 5.26 Å². The molecule has 6 heteroatoms. The highest BCUT2D eigenvalue weighted by atomic mass is 16.5. The van der Waals surface area contributed by atoms with Crippen LogP contribution in [0.15, 0.2) is 30.5 Å². The number of aromatic nitrogens is 2. The molecule has 0 aliphatic carbocycles. The molecule has 21 heavy (non-hydrogen) atoms. The third-order valence-corrected chi connectivity index (χ3v) is 2.97. The first-order chi connectivity index (χ1) is 10.2. The van der Waals surface area contributed by atoms with Gasteiger partial charge in [0.05, 0.1) is 14.2 Å². The zero-order valence-corrected chi connectivity index (χ0v) is 12.2. The van der Waals surface area contributed by atoms with Crippen molar-refractivity contribution in [2.45, 2.75) is 6.54 Å². The van der Waals surface area contributed by atoms with Crippen LogP contribution in [0.1, 0.15) is 11.3 Å². The number of ether oxygens (including phenoxy) is 2. The van der Waals surface area contributed by atoms with Crippen LogP contribution in [-0.4, -0.2) is 31.2 Å². The van der Waals surface area contributed by atoms with Crippen LogP contribution in [0.2, 0.25) is 0 Å².